The van der Waals surface area contributed by atoms with Gasteiger partial charge in [0.15, 0.2) is 0 Å². The molecular weight excluding hydrogens is 370 g/mol. The number of aromatic nitrogens is 2. The Hall–Kier alpha value is -2.47. The first-order valence-corrected chi connectivity index (χ1v) is 10.7. The van der Waals surface area contributed by atoms with Crippen molar-refractivity contribution in [2.24, 2.45) is 5.92 Å². The molecule has 0 unspecified atom stereocenters. The van der Waals surface area contributed by atoms with E-state index in [4.69, 9.17) is 0 Å². The molecule has 1 aromatic carbocycles. The summed E-state index contributed by atoms with van der Waals surface area (Å²) in [7, 11) is 0. The van der Waals surface area contributed by atoms with E-state index in [9.17, 15) is 9.59 Å². The average Bonchev–Trinajstić information content (AvgIpc) is 3.06. The lowest BCUT2D eigenvalue weighted by atomic mass is 9.89. The predicted octanol–water partition coefficient (Wildman–Crippen LogP) is 3.33. The SMILES string of the molecule is C[C@H]1CCc2c(sc3ncn(CC(=O)NCCCc4ccccc4)c(=O)c23)C1. The van der Waals surface area contributed by atoms with Gasteiger partial charge in [0, 0.05) is 11.4 Å². The number of nitrogens with one attached hydrogen (secondary N) is 1. The summed E-state index contributed by atoms with van der Waals surface area (Å²) < 4.78 is 1.44. The molecule has 2 heterocycles. The maximum atomic E-state index is 12.9. The highest BCUT2D eigenvalue weighted by Crippen LogP contribution is 2.35. The summed E-state index contributed by atoms with van der Waals surface area (Å²) in [6.45, 7) is 2.87. The van der Waals surface area contributed by atoms with Crippen molar-refractivity contribution in [3.63, 3.8) is 0 Å². The van der Waals surface area contributed by atoms with E-state index in [1.165, 1.54) is 21.3 Å². The van der Waals surface area contributed by atoms with Crippen LogP contribution >= 0.6 is 11.3 Å². The lowest BCUT2D eigenvalue weighted by molar-refractivity contribution is -0.121. The Kier molecular flexibility index (Phi) is 5.57. The molecule has 0 saturated heterocycles. The van der Waals surface area contributed by atoms with E-state index in [-0.39, 0.29) is 18.0 Å². The Morgan fingerprint density at radius 1 is 1.32 bits per heavy atom. The normalized spacial score (nSPS) is 16.1. The number of amides is 1. The second-order valence-corrected chi connectivity index (χ2v) is 8.73. The van der Waals surface area contributed by atoms with Crippen molar-refractivity contribution in [1.82, 2.24) is 14.9 Å². The number of rotatable bonds is 6. The van der Waals surface area contributed by atoms with Crippen molar-refractivity contribution in [3.8, 4) is 0 Å². The number of carbonyl (C=O) groups is 1. The quantitative estimate of drug-likeness (QED) is 0.651. The van der Waals surface area contributed by atoms with E-state index >= 15 is 0 Å². The third-order valence-electron chi connectivity index (χ3n) is 5.40. The molecule has 1 aliphatic rings. The smallest absolute Gasteiger partial charge is 0.262 e. The number of carbonyl (C=O) groups excluding carboxylic acids is 1. The zero-order valence-corrected chi connectivity index (χ0v) is 16.9. The van der Waals surface area contributed by atoms with E-state index in [2.05, 4.69) is 29.4 Å². The first-order chi connectivity index (χ1) is 13.6. The van der Waals surface area contributed by atoms with Gasteiger partial charge in [-0.15, -0.1) is 11.3 Å². The molecule has 2 aromatic heterocycles. The summed E-state index contributed by atoms with van der Waals surface area (Å²) in [5, 5.41) is 3.64. The van der Waals surface area contributed by atoms with Crippen molar-refractivity contribution >= 4 is 27.5 Å². The van der Waals surface area contributed by atoms with Gasteiger partial charge >= 0.3 is 0 Å². The molecule has 0 fully saturated rings. The fourth-order valence-electron chi connectivity index (χ4n) is 3.85. The topological polar surface area (TPSA) is 64.0 Å². The molecule has 0 spiro atoms. The molecular formula is C22H25N3O2S. The number of thiophene rings is 1. The standard InChI is InChI=1S/C22H25N3O2S/c1-15-9-10-17-18(12-15)28-21-20(17)22(27)25(14-24-21)13-19(26)23-11-5-8-16-6-3-2-4-7-16/h2-4,6-7,14-15H,5,8-13H2,1H3,(H,23,26)/t15-/m0/s1. The lowest BCUT2D eigenvalue weighted by Crippen LogP contribution is -2.33. The predicted molar refractivity (Wildman–Crippen MR) is 113 cm³/mol. The lowest BCUT2D eigenvalue weighted by Gasteiger charge is -2.17. The molecule has 1 atom stereocenters. The Balaban J connectivity index is 1.39. The fourth-order valence-corrected chi connectivity index (χ4v) is 5.20. The molecule has 0 bridgehead atoms. The summed E-state index contributed by atoms with van der Waals surface area (Å²) in [6, 6.07) is 10.2. The summed E-state index contributed by atoms with van der Waals surface area (Å²) in [4.78, 5) is 31.8. The first kappa shape index (κ1) is 18.9. The number of hydrogen-bond donors (Lipinski definition) is 1. The minimum absolute atomic E-state index is 0.0220. The molecule has 4 rings (SSSR count). The Bertz CT molecular complexity index is 1040. The molecule has 146 valence electrons. The second-order valence-electron chi connectivity index (χ2n) is 7.65. The third kappa shape index (κ3) is 4.02. The van der Waals surface area contributed by atoms with Crippen molar-refractivity contribution in [2.45, 2.75) is 45.6 Å². The Labute approximate surface area is 168 Å². The van der Waals surface area contributed by atoms with Crippen LogP contribution in [0.15, 0.2) is 41.5 Å². The van der Waals surface area contributed by atoms with Gasteiger partial charge in [-0.25, -0.2) is 4.98 Å². The van der Waals surface area contributed by atoms with Gasteiger partial charge in [0.1, 0.15) is 11.4 Å². The zero-order valence-electron chi connectivity index (χ0n) is 16.1. The van der Waals surface area contributed by atoms with Crippen LogP contribution in [0.3, 0.4) is 0 Å². The highest BCUT2D eigenvalue weighted by Gasteiger charge is 2.23. The van der Waals surface area contributed by atoms with Crippen LogP contribution in [-0.2, 0) is 30.6 Å². The molecule has 1 amide bonds. The van der Waals surface area contributed by atoms with E-state index in [0.717, 1.165) is 47.9 Å². The van der Waals surface area contributed by atoms with Crippen LogP contribution in [0.2, 0.25) is 0 Å². The van der Waals surface area contributed by atoms with E-state index < -0.39 is 0 Å². The van der Waals surface area contributed by atoms with Crippen LogP contribution in [0, 0.1) is 5.92 Å². The van der Waals surface area contributed by atoms with Crippen LogP contribution in [0.25, 0.3) is 10.2 Å². The Morgan fingerprint density at radius 2 is 2.14 bits per heavy atom. The first-order valence-electron chi connectivity index (χ1n) is 9.92. The molecule has 0 radical (unpaired) electrons. The largest absolute Gasteiger partial charge is 0.355 e. The fraction of sp³-hybridized carbons (Fsp3) is 0.409. The summed E-state index contributed by atoms with van der Waals surface area (Å²) in [5.74, 6) is 0.512. The van der Waals surface area contributed by atoms with E-state index in [1.807, 2.05) is 18.2 Å². The molecule has 1 aliphatic carbocycles. The number of benzene rings is 1. The van der Waals surface area contributed by atoms with Crippen LogP contribution < -0.4 is 10.9 Å². The monoisotopic (exact) mass is 395 g/mol. The van der Waals surface area contributed by atoms with Gasteiger partial charge < -0.3 is 5.32 Å². The van der Waals surface area contributed by atoms with Crippen molar-refractivity contribution in [1.29, 1.82) is 0 Å². The van der Waals surface area contributed by atoms with Crippen molar-refractivity contribution in [2.75, 3.05) is 6.54 Å². The average molecular weight is 396 g/mol. The van der Waals surface area contributed by atoms with Gasteiger partial charge in [-0.3, -0.25) is 14.2 Å². The van der Waals surface area contributed by atoms with Gasteiger partial charge in [0.05, 0.1) is 11.7 Å². The summed E-state index contributed by atoms with van der Waals surface area (Å²) >= 11 is 1.63. The van der Waals surface area contributed by atoms with E-state index in [0.29, 0.717) is 12.5 Å². The van der Waals surface area contributed by atoms with Crippen LogP contribution in [-0.4, -0.2) is 22.0 Å². The molecule has 0 saturated carbocycles. The van der Waals surface area contributed by atoms with Gasteiger partial charge in [0.2, 0.25) is 5.91 Å². The van der Waals surface area contributed by atoms with Gasteiger partial charge in [-0.2, -0.15) is 0 Å². The molecule has 0 aliphatic heterocycles. The molecule has 28 heavy (non-hydrogen) atoms. The third-order valence-corrected chi connectivity index (χ3v) is 6.57. The Morgan fingerprint density at radius 3 is 2.96 bits per heavy atom. The van der Waals surface area contributed by atoms with Crippen LogP contribution in [0.1, 0.15) is 35.8 Å². The number of nitrogens with zero attached hydrogens (tertiary/aromatic N) is 2. The maximum Gasteiger partial charge on any atom is 0.262 e. The van der Waals surface area contributed by atoms with Crippen molar-refractivity contribution < 1.29 is 4.79 Å². The number of fused-ring (bicyclic) bond motifs is 3. The highest BCUT2D eigenvalue weighted by molar-refractivity contribution is 7.18. The second kappa shape index (κ2) is 8.27. The summed E-state index contributed by atoms with van der Waals surface area (Å²) in [6.07, 6.45) is 6.38. The number of hydrogen-bond acceptors (Lipinski definition) is 4. The number of aryl methyl sites for hydroxylation is 2. The zero-order chi connectivity index (χ0) is 19.5. The van der Waals surface area contributed by atoms with Gasteiger partial charge in [-0.1, -0.05) is 37.3 Å². The molecule has 3 aromatic rings. The van der Waals surface area contributed by atoms with E-state index in [1.54, 1.807) is 11.3 Å². The minimum Gasteiger partial charge on any atom is -0.355 e. The molecule has 6 heteroatoms. The highest BCUT2D eigenvalue weighted by atomic mass is 32.1. The van der Waals surface area contributed by atoms with Gasteiger partial charge in [0.25, 0.3) is 5.56 Å². The molecule has 5 nitrogen and oxygen atoms in total. The van der Waals surface area contributed by atoms with Crippen LogP contribution in [0.4, 0.5) is 0 Å². The minimum atomic E-state index is -0.144. The summed E-state index contributed by atoms with van der Waals surface area (Å²) in [5.41, 5.74) is 2.34. The van der Waals surface area contributed by atoms with Gasteiger partial charge in [-0.05, 0) is 49.1 Å². The van der Waals surface area contributed by atoms with Crippen molar-refractivity contribution in [3.05, 3.63) is 63.0 Å². The molecule has 1 N–H and O–H groups in total. The van der Waals surface area contributed by atoms with Crippen LogP contribution in [0.5, 0.6) is 0 Å². The maximum absolute atomic E-state index is 12.9.